The van der Waals surface area contributed by atoms with E-state index in [1.54, 1.807) is 15.9 Å². The molecule has 0 aromatic heterocycles. The summed E-state index contributed by atoms with van der Waals surface area (Å²) in [6, 6.07) is 0. The molecular formula is C13H19N3O3. The minimum atomic E-state index is -0.184. The van der Waals surface area contributed by atoms with Gasteiger partial charge in [-0.3, -0.25) is 14.4 Å². The van der Waals surface area contributed by atoms with Crippen LogP contribution in [0.1, 0.15) is 6.42 Å². The van der Waals surface area contributed by atoms with Crippen molar-refractivity contribution in [1.82, 2.24) is 15.1 Å². The fourth-order valence-electron chi connectivity index (χ4n) is 2.34. The summed E-state index contributed by atoms with van der Waals surface area (Å²) < 4.78 is 0. The molecule has 0 radical (unpaired) electrons. The van der Waals surface area contributed by atoms with Crippen molar-refractivity contribution >= 4 is 18.2 Å². The molecule has 6 nitrogen and oxygen atoms in total. The Hall–Kier alpha value is -1.85. The second-order valence-electron chi connectivity index (χ2n) is 4.95. The van der Waals surface area contributed by atoms with Crippen molar-refractivity contribution in [3.05, 3.63) is 12.7 Å². The number of carbonyl (C=O) groups is 3. The molecule has 2 aliphatic rings. The van der Waals surface area contributed by atoms with Gasteiger partial charge in [0, 0.05) is 32.7 Å². The molecule has 1 N–H and O–H groups in total. The van der Waals surface area contributed by atoms with Crippen LogP contribution in [0.15, 0.2) is 12.7 Å². The fraction of sp³-hybridized carbons (Fsp3) is 0.615. The van der Waals surface area contributed by atoms with Gasteiger partial charge in [0.1, 0.15) is 0 Å². The molecule has 2 rings (SSSR count). The third-order valence-corrected chi connectivity index (χ3v) is 3.64. The average Bonchev–Trinajstić information content (AvgIpc) is 3.24. The van der Waals surface area contributed by atoms with Crippen molar-refractivity contribution in [3.8, 4) is 0 Å². The largest absolute Gasteiger partial charge is 0.352 e. The van der Waals surface area contributed by atoms with Gasteiger partial charge in [-0.25, -0.2) is 0 Å². The Morgan fingerprint density at radius 2 is 1.89 bits per heavy atom. The topological polar surface area (TPSA) is 69.7 Å². The maximum Gasteiger partial charge on any atom is 0.226 e. The molecule has 0 aromatic rings. The van der Waals surface area contributed by atoms with Gasteiger partial charge >= 0.3 is 0 Å². The highest BCUT2D eigenvalue weighted by molar-refractivity contribution is 5.92. The van der Waals surface area contributed by atoms with Crippen LogP contribution in [0.3, 0.4) is 0 Å². The molecule has 1 heterocycles. The zero-order valence-electron chi connectivity index (χ0n) is 10.9. The molecule has 1 aliphatic carbocycles. The molecule has 2 unspecified atom stereocenters. The van der Waals surface area contributed by atoms with Crippen LogP contribution < -0.4 is 5.32 Å². The standard InChI is InChI=1S/C13H19N3O3/c1-2-3-14-12(18)10-8-11(10)13(19)16-6-4-15(9-17)5-7-16/h2,9-11H,1,3-8H2,(H,14,18). The van der Waals surface area contributed by atoms with Crippen LogP contribution in [0.25, 0.3) is 0 Å². The third-order valence-electron chi connectivity index (χ3n) is 3.64. The van der Waals surface area contributed by atoms with E-state index < -0.39 is 0 Å². The Bertz CT molecular complexity index is 389. The minimum Gasteiger partial charge on any atom is -0.352 e. The zero-order chi connectivity index (χ0) is 13.8. The number of rotatable bonds is 5. The minimum absolute atomic E-state index is 0.0457. The van der Waals surface area contributed by atoms with Gasteiger partial charge in [0.05, 0.1) is 11.8 Å². The van der Waals surface area contributed by atoms with E-state index in [9.17, 15) is 14.4 Å². The number of hydrogen-bond donors (Lipinski definition) is 1. The molecule has 2 fully saturated rings. The average molecular weight is 265 g/mol. The maximum absolute atomic E-state index is 12.2. The highest BCUT2D eigenvalue weighted by atomic mass is 16.2. The lowest BCUT2D eigenvalue weighted by Gasteiger charge is -2.32. The van der Waals surface area contributed by atoms with Crippen molar-refractivity contribution in [2.45, 2.75) is 6.42 Å². The van der Waals surface area contributed by atoms with Gasteiger partial charge in [0.25, 0.3) is 0 Å². The lowest BCUT2D eigenvalue weighted by molar-refractivity contribution is -0.137. The molecule has 0 aromatic carbocycles. The summed E-state index contributed by atoms with van der Waals surface area (Å²) in [5.41, 5.74) is 0. The monoisotopic (exact) mass is 265 g/mol. The Morgan fingerprint density at radius 1 is 1.21 bits per heavy atom. The lowest BCUT2D eigenvalue weighted by Crippen LogP contribution is -2.48. The number of piperazine rings is 1. The first kappa shape index (κ1) is 13.6. The summed E-state index contributed by atoms with van der Waals surface area (Å²) in [4.78, 5) is 37.8. The van der Waals surface area contributed by atoms with Crippen molar-refractivity contribution in [1.29, 1.82) is 0 Å². The molecule has 3 amide bonds. The van der Waals surface area contributed by atoms with E-state index in [0.29, 0.717) is 39.1 Å². The van der Waals surface area contributed by atoms with E-state index in [4.69, 9.17) is 0 Å². The highest BCUT2D eigenvalue weighted by Crippen LogP contribution is 2.40. The molecule has 104 valence electrons. The Morgan fingerprint density at radius 3 is 2.47 bits per heavy atom. The maximum atomic E-state index is 12.2. The summed E-state index contributed by atoms with van der Waals surface area (Å²) in [5, 5.41) is 2.72. The first-order valence-corrected chi connectivity index (χ1v) is 6.54. The van der Waals surface area contributed by atoms with Crippen LogP contribution in [-0.2, 0) is 14.4 Å². The van der Waals surface area contributed by atoms with Crippen LogP contribution in [0.2, 0.25) is 0 Å². The van der Waals surface area contributed by atoms with E-state index in [-0.39, 0.29) is 23.7 Å². The number of amides is 3. The highest BCUT2D eigenvalue weighted by Gasteiger charge is 2.49. The van der Waals surface area contributed by atoms with Crippen LogP contribution in [0, 0.1) is 11.8 Å². The molecule has 2 atom stereocenters. The molecule has 0 spiro atoms. The predicted octanol–water partition coefficient (Wildman–Crippen LogP) is -0.775. The van der Waals surface area contributed by atoms with Crippen molar-refractivity contribution < 1.29 is 14.4 Å². The van der Waals surface area contributed by atoms with Crippen LogP contribution >= 0.6 is 0 Å². The van der Waals surface area contributed by atoms with Crippen molar-refractivity contribution in [2.75, 3.05) is 32.7 Å². The predicted molar refractivity (Wildman–Crippen MR) is 69.0 cm³/mol. The summed E-state index contributed by atoms with van der Waals surface area (Å²) >= 11 is 0. The van der Waals surface area contributed by atoms with E-state index >= 15 is 0 Å². The summed E-state index contributed by atoms with van der Waals surface area (Å²) in [7, 11) is 0. The SMILES string of the molecule is C=CCNC(=O)C1CC1C(=O)N1CCN(C=O)CC1. The lowest BCUT2D eigenvalue weighted by atomic mass is 10.2. The van der Waals surface area contributed by atoms with Gasteiger partial charge in [0.15, 0.2) is 0 Å². The molecule has 19 heavy (non-hydrogen) atoms. The van der Waals surface area contributed by atoms with Gasteiger partial charge in [-0.15, -0.1) is 6.58 Å². The Kier molecular flexibility index (Phi) is 4.19. The third kappa shape index (κ3) is 3.13. The Labute approximate surface area is 112 Å². The van der Waals surface area contributed by atoms with E-state index in [1.165, 1.54) is 0 Å². The first-order chi connectivity index (χ1) is 9.17. The molecule has 1 aliphatic heterocycles. The van der Waals surface area contributed by atoms with E-state index in [0.717, 1.165) is 6.41 Å². The fourth-order valence-corrected chi connectivity index (χ4v) is 2.34. The zero-order valence-corrected chi connectivity index (χ0v) is 10.9. The number of nitrogens with one attached hydrogen (secondary N) is 1. The van der Waals surface area contributed by atoms with Crippen LogP contribution in [0.5, 0.6) is 0 Å². The molecule has 1 saturated heterocycles. The molecule has 1 saturated carbocycles. The van der Waals surface area contributed by atoms with Gasteiger partial charge in [-0.2, -0.15) is 0 Å². The summed E-state index contributed by atoms with van der Waals surface area (Å²) in [6.07, 6.45) is 3.07. The second-order valence-corrected chi connectivity index (χ2v) is 4.95. The number of hydrogen-bond acceptors (Lipinski definition) is 3. The Balaban J connectivity index is 1.78. The second kappa shape index (κ2) is 5.86. The molecule has 6 heteroatoms. The summed E-state index contributed by atoms with van der Waals surface area (Å²) in [5.74, 6) is -0.377. The van der Waals surface area contributed by atoms with Gasteiger partial charge in [-0.1, -0.05) is 6.08 Å². The first-order valence-electron chi connectivity index (χ1n) is 6.54. The van der Waals surface area contributed by atoms with E-state index in [1.807, 2.05) is 0 Å². The number of nitrogens with zero attached hydrogens (tertiary/aromatic N) is 2. The quantitative estimate of drug-likeness (QED) is 0.524. The molecule has 0 bridgehead atoms. The van der Waals surface area contributed by atoms with Crippen molar-refractivity contribution in [2.24, 2.45) is 11.8 Å². The van der Waals surface area contributed by atoms with Gasteiger partial charge in [-0.05, 0) is 6.42 Å². The smallest absolute Gasteiger partial charge is 0.226 e. The normalized spacial score (nSPS) is 25.7. The summed E-state index contributed by atoms with van der Waals surface area (Å²) in [6.45, 7) is 6.26. The van der Waals surface area contributed by atoms with Gasteiger partial charge < -0.3 is 15.1 Å². The molecular weight excluding hydrogens is 246 g/mol. The van der Waals surface area contributed by atoms with Crippen LogP contribution in [-0.4, -0.2) is 60.7 Å². The van der Waals surface area contributed by atoms with Crippen molar-refractivity contribution in [3.63, 3.8) is 0 Å². The van der Waals surface area contributed by atoms with E-state index in [2.05, 4.69) is 11.9 Å². The van der Waals surface area contributed by atoms with Gasteiger partial charge in [0.2, 0.25) is 18.2 Å². The number of carbonyl (C=O) groups excluding carboxylic acids is 3. The van der Waals surface area contributed by atoms with Crippen LogP contribution in [0.4, 0.5) is 0 Å².